The topological polar surface area (TPSA) is 139 Å². The van der Waals surface area contributed by atoms with E-state index in [9.17, 15) is 24.2 Å². The summed E-state index contributed by atoms with van der Waals surface area (Å²) in [5.41, 5.74) is 6.39. The number of benzene rings is 1. The Bertz CT molecular complexity index is 683. The third kappa shape index (κ3) is 10.0. The van der Waals surface area contributed by atoms with Gasteiger partial charge < -0.3 is 21.1 Å². The van der Waals surface area contributed by atoms with Gasteiger partial charge in [0.25, 0.3) is 0 Å². The molecule has 8 nitrogen and oxygen atoms in total. The Morgan fingerprint density at radius 3 is 2.41 bits per heavy atom. The fraction of sp³-hybridized carbons (Fsp3) is 0.600. The number of nitrogens with two attached hydrogens (primary N) is 1. The molecule has 0 fully saturated rings. The summed E-state index contributed by atoms with van der Waals surface area (Å²) in [4.78, 5) is 34.2. The van der Waals surface area contributed by atoms with Gasteiger partial charge in [-0.3, -0.25) is 13.9 Å². The van der Waals surface area contributed by atoms with Crippen LogP contribution in [-0.4, -0.2) is 40.3 Å². The van der Waals surface area contributed by atoms with Gasteiger partial charge >= 0.3 is 13.6 Å². The lowest BCUT2D eigenvalue weighted by molar-refractivity contribution is -0.145. The first kappa shape index (κ1) is 25.3. The average Bonchev–Trinajstić information content (AvgIpc) is 2.65. The summed E-state index contributed by atoms with van der Waals surface area (Å²) in [7, 11) is -4.41. The number of unbranched alkanes of at least 4 members (excludes halogenated alkanes) is 1. The van der Waals surface area contributed by atoms with Crippen molar-refractivity contribution in [1.29, 1.82) is 0 Å². The second-order valence-electron chi connectivity index (χ2n) is 7.48. The van der Waals surface area contributed by atoms with E-state index in [4.69, 9.17) is 10.3 Å². The van der Waals surface area contributed by atoms with Crippen molar-refractivity contribution in [2.24, 2.45) is 11.7 Å². The van der Waals surface area contributed by atoms with Crippen molar-refractivity contribution in [3.05, 3.63) is 35.9 Å². The maximum absolute atomic E-state index is 12.8. The smallest absolute Gasteiger partial charge is 0.351 e. The summed E-state index contributed by atoms with van der Waals surface area (Å²) in [5, 5.41) is 11.9. The van der Waals surface area contributed by atoms with Crippen LogP contribution < -0.4 is 11.1 Å². The van der Waals surface area contributed by atoms with E-state index in [0.717, 1.165) is 5.56 Å². The monoisotopic (exact) mass is 428 g/mol. The molecule has 0 bridgehead atoms. The zero-order valence-corrected chi connectivity index (χ0v) is 18.0. The van der Waals surface area contributed by atoms with Gasteiger partial charge in [-0.25, -0.2) is 4.79 Å². The van der Waals surface area contributed by atoms with E-state index in [1.807, 2.05) is 44.2 Å². The van der Waals surface area contributed by atoms with Crippen molar-refractivity contribution in [2.45, 2.75) is 64.3 Å². The van der Waals surface area contributed by atoms with E-state index in [0.29, 0.717) is 25.8 Å². The summed E-state index contributed by atoms with van der Waals surface area (Å²) < 4.78 is 18.0. The third-order valence-corrected chi connectivity index (χ3v) is 6.06. The van der Waals surface area contributed by atoms with Gasteiger partial charge in [0, 0.05) is 6.42 Å². The van der Waals surface area contributed by atoms with Crippen molar-refractivity contribution < 1.29 is 28.7 Å². The normalized spacial score (nSPS) is 15.5. The Morgan fingerprint density at radius 2 is 1.86 bits per heavy atom. The van der Waals surface area contributed by atoms with Gasteiger partial charge in [0.2, 0.25) is 5.91 Å². The molecule has 164 valence electrons. The summed E-state index contributed by atoms with van der Waals surface area (Å²) in [6, 6.07) is 9.44. The molecular formula is C20H33N2O6P. The molecular weight excluding hydrogens is 395 g/mol. The summed E-state index contributed by atoms with van der Waals surface area (Å²) in [6.45, 7) is 4.09. The second-order valence-corrected chi connectivity index (χ2v) is 9.44. The molecule has 1 rings (SSSR count). The van der Waals surface area contributed by atoms with Crippen LogP contribution >= 0.6 is 7.60 Å². The Hall–Kier alpha value is -1.73. The number of carboxylic acids is 1. The zero-order valence-electron chi connectivity index (χ0n) is 17.1. The zero-order chi connectivity index (χ0) is 21.9. The molecule has 0 aromatic heterocycles. The van der Waals surface area contributed by atoms with Crippen LogP contribution in [0, 0.1) is 5.92 Å². The van der Waals surface area contributed by atoms with Gasteiger partial charge in [0.1, 0.15) is 5.78 Å². The first-order valence-electron chi connectivity index (χ1n) is 9.92. The number of rotatable bonds is 14. The third-order valence-electron chi connectivity index (χ3n) is 4.37. The number of nitrogens with one attached hydrogen (secondary N) is 1. The van der Waals surface area contributed by atoms with Gasteiger partial charge in [-0.2, -0.15) is 0 Å². The van der Waals surface area contributed by atoms with Crippen LogP contribution in [0.4, 0.5) is 0 Å². The number of carboxylic acid groups (broad SMARTS) is 1. The minimum atomic E-state index is -4.41. The van der Waals surface area contributed by atoms with E-state index in [1.165, 1.54) is 0 Å². The maximum Gasteiger partial charge on any atom is 0.351 e. The standard InChI is InChI=1S/C20H33N2O6P/c1-15(2)14-19(22-18(23)12-11-16-8-4-3-5-9-16)29(26,27)28-17(20(24)25)10-6-7-13-21/h3-5,8-9,15,17,19H,6-7,10-14,21H2,1-2H3,(H,22,23)(H,24,25)(H,26,27)/t17?,19-/m0/s1. The highest BCUT2D eigenvalue weighted by Crippen LogP contribution is 2.50. The molecule has 0 saturated heterocycles. The van der Waals surface area contributed by atoms with E-state index in [1.54, 1.807) is 0 Å². The molecule has 0 aliphatic carbocycles. The predicted molar refractivity (Wildman–Crippen MR) is 111 cm³/mol. The minimum absolute atomic E-state index is 0.000911. The molecule has 0 heterocycles. The molecule has 0 saturated carbocycles. The van der Waals surface area contributed by atoms with Crippen LogP contribution in [0.2, 0.25) is 0 Å². The van der Waals surface area contributed by atoms with E-state index in [2.05, 4.69) is 5.32 Å². The quantitative estimate of drug-likeness (QED) is 0.264. The number of aryl methyl sites for hydroxylation is 1. The molecule has 2 unspecified atom stereocenters. The number of aliphatic carboxylic acids is 1. The van der Waals surface area contributed by atoms with Gasteiger partial charge in [0.05, 0.1) is 0 Å². The number of amides is 1. The van der Waals surface area contributed by atoms with Crippen LogP contribution in [0.3, 0.4) is 0 Å². The Labute approximate surface area is 172 Å². The van der Waals surface area contributed by atoms with Gasteiger partial charge in [0.15, 0.2) is 6.10 Å². The SMILES string of the molecule is CC(C)C[C@@H](NC(=O)CCc1ccccc1)P(=O)(O)OC(CCCCN)C(=O)O. The van der Waals surface area contributed by atoms with Crippen LogP contribution in [0.5, 0.6) is 0 Å². The molecule has 29 heavy (non-hydrogen) atoms. The van der Waals surface area contributed by atoms with Crippen LogP contribution in [0.25, 0.3) is 0 Å². The summed E-state index contributed by atoms with van der Waals surface area (Å²) >= 11 is 0. The fourth-order valence-corrected chi connectivity index (χ4v) is 4.53. The molecule has 5 N–H and O–H groups in total. The number of carbonyl (C=O) groups is 2. The molecule has 1 amide bonds. The Balaban J connectivity index is 2.77. The highest BCUT2D eigenvalue weighted by Gasteiger charge is 2.38. The van der Waals surface area contributed by atoms with Crippen LogP contribution in [0.15, 0.2) is 30.3 Å². The lowest BCUT2D eigenvalue weighted by Gasteiger charge is -2.27. The molecule has 3 atom stereocenters. The van der Waals surface area contributed by atoms with Crippen molar-refractivity contribution in [2.75, 3.05) is 6.54 Å². The average molecular weight is 428 g/mol. The van der Waals surface area contributed by atoms with Gasteiger partial charge in [-0.1, -0.05) is 44.2 Å². The lowest BCUT2D eigenvalue weighted by atomic mass is 10.1. The van der Waals surface area contributed by atoms with Crippen molar-refractivity contribution in [1.82, 2.24) is 5.32 Å². The molecule has 0 aliphatic rings. The van der Waals surface area contributed by atoms with Crippen LogP contribution in [-0.2, 0) is 25.1 Å². The molecule has 9 heteroatoms. The van der Waals surface area contributed by atoms with E-state index in [-0.39, 0.29) is 31.1 Å². The molecule has 1 aromatic carbocycles. The Morgan fingerprint density at radius 1 is 1.21 bits per heavy atom. The van der Waals surface area contributed by atoms with E-state index >= 15 is 0 Å². The van der Waals surface area contributed by atoms with Crippen molar-refractivity contribution >= 4 is 19.5 Å². The molecule has 0 radical (unpaired) electrons. The molecule has 0 aliphatic heterocycles. The lowest BCUT2D eigenvalue weighted by Crippen LogP contribution is -2.38. The predicted octanol–water partition coefficient (Wildman–Crippen LogP) is 2.89. The fourth-order valence-electron chi connectivity index (χ4n) is 2.83. The highest BCUT2D eigenvalue weighted by atomic mass is 31.2. The summed E-state index contributed by atoms with van der Waals surface area (Å²) in [5.74, 6) is -2.86. The number of hydrogen-bond acceptors (Lipinski definition) is 5. The Kier molecular flexibility index (Phi) is 11.1. The molecule has 0 spiro atoms. The van der Waals surface area contributed by atoms with Gasteiger partial charge in [-0.05, 0) is 50.1 Å². The highest BCUT2D eigenvalue weighted by molar-refractivity contribution is 7.53. The summed E-state index contributed by atoms with van der Waals surface area (Å²) in [6.07, 6.45) is 0.549. The van der Waals surface area contributed by atoms with Crippen molar-refractivity contribution in [3.63, 3.8) is 0 Å². The van der Waals surface area contributed by atoms with Gasteiger partial charge in [-0.15, -0.1) is 0 Å². The van der Waals surface area contributed by atoms with Crippen molar-refractivity contribution in [3.8, 4) is 0 Å². The number of hydrogen-bond donors (Lipinski definition) is 4. The molecule has 1 aromatic rings. The largest absolute Gasteiger partial charge is 0.479 e. The second kappa shape index (κ2) is 12.8. The first-order valence-corrected chi connectivity index (χ1v) is 11.6. The minimum Gasteiger partial charge on any atom is -0.479 e. The first-order chi connectivity index (χ1) is 13.7. The maximum atomic E-state index is 12.8. The van der Waals surface area contributed by atoms with Crippen LogP contribution in [0.1, 0.15) is 51.5 Å². The van der Waals surface area contributed by atoms with E-state index < -0.39 is 25.5 Å². The number of carbonyl (C=O) groups excluding carboxylic acids is 1.